The van der Waals surface area contributed by atoms with E-state index in [1.54, 1.807) is 7.11 Å². The Bertz CT molecular complexity index is 924. The molecule has 1 saturated carbocycles. The molecular formula is C28H40O7. The van der Waals surface area contributed by atoms with Gasteiger partial charge in [0.15, 0.2) is 11.5 Å². The van der Waals surface area contributed by atoms with Gasteiger partial charge in [-0.15, -0.1) is 0 Å². The van der Waals surface area contributed by atoms with Crippen LogP contribution in [0.4, 0.5) is 0 Å². The summed E-state index contributed by atoms with van der Waals surface area (Å²) in [7, 11) is 1.62. The molecule has 35 heavy (non-hydrogen) atoms. The highest BCUT2D eigenvalue weighted by Crippen LogP contribution is 2.41. The first-order valence-electron chi connectivity index (χ1n) is 12.9. The molecule has 0 amide bonds. The standard InChI is InChI=1S/C28H40O7/c1-16(2)21-8-6-18(4)11-24(21)34-26-14-22(28(30)35-26)23(29)9-7-17(3)10-19-12-20(31-5)13-25-27(19)33-15-32-25/h7,12-13,16,18,21-24,26,29H,6,8-11,14-15H2,1-5H3/b17-7-/t18-,21+,22-,23+,24-,26-/m1/s1. The van der Waals surface area contributed by atoms with Crippen LogP contribution in [0.25, 0.3) is 0 Å². The summed E-state index contributed by atoms with van der Waals surface area (Å²) in [6, 6.07) is 3.75. The van der Waals surface area contributed by atoms with Crippen molar-refractivity contribution in [2.75, 3.05) is 13.9 Å². The average molecular weight is 489 g/mol. The van der Waals surface area contributed by atoms with Crippen LogP contribution in [-0.2, 0) is 20.7 Å². The first-order valence-corrected chi connectivity index (χ1v) is 12.9. The molecular weight excluding hydrogens is 448 g/mol. The fourth-order valence-corrected chi connectivity index (χ4v) is 5.60. The summed E-state index contributed by atoms with van der Waals surface area (Å²) in [5, 5.41) is 10.8. The van der Waals surface area contributed by atoms with Crippen LogP contribution in [0.3, 0.4) is 0 Å². The number of carbonyl (C=O) groups is 1. The Kier molecular flexibility index (Phi) is 8.27. The van der Waals surface area contributed by atoms with Crippen molar-refractivity contribution < 1.29 is 33.6 Å². The maximum atomic E-state index is 12.6. The van der Waals surface area contributed by atoms with E-state index in [1.165, 1.54) is 6.42 Å². The number of cyclic esters (lactones) is 1. The molecule has 2 heterocycles. The summed E-state index contributed by atoms with van der Waals surface area (Å²) in [4.78, 5) is 12.6. The third-order valence-electron chi connectivity index (χ3n) is 7.68. The van der Waals surface area contributed by atoms with Crippen LogP contribution in [-0.4, -0.2) is 43.5 Å². The lowest BCUT2D eigenvalue weighted by Gasteiger charge is -2.38. The van der Waals surface area contributed by atoms with E-state index in [9.17, 15) is 9.90 Å². The Balaban J connectivity index is 1.33. The molecule has 0 radical (unpaired) electrons. The lowest BCUT2D eigenvalue weighted by molar-refractivity contribution is -0.186. The predicted octanol–water partition coefficient (Wildman–Crippen LogP) is 5.03. The fraction of sp³-hybridized carbons (Fsp3) is 0.679. The number of aliphatic hydroxyl groups is 1. The van der Waals surface area contributed by atoms with Crippen molar-refractivity contribution >= 4 is 5.97 Å². The monoisotopic (exact) mass is 488 g/mol. The van der Waals surface area contributed by atoms with Crippen LogP contribution in [0.5, 0.6) is 17.2 Å². The van der Waals surface area contributed by atoms with E-state index in [-0.39, 0.29) is 18.9 Å². The van der Waals surface area contributed by atoms with Gasteiger partial charge in [0.1, 0.15) is 5.75 Å². The molecule has 7 heteroatoms. The topological polar surface area (TPSA) is 83.5 Å². The second kappa shape index (κ2) is 11.2. The van der Waals surface area contributed by atoms with Gasteiger partial charge >= 0.3 is 5.97 Å². The van der Waals surface area contributed by atoms with E-state index in [0.717, 1.165) is 29.7 Å². The van der Waals surface area contributed by atoms with Gasteiger partial charge < -0.3 is 28.8 Å². The van der Waals surface area contributed by atoms with Crippen molar-refractivity contribution in [3.63, 3.8) is 0 Å². The number of allylic oxidation sites excluding steroid dienone is 1. The third kappa shape index (κ3) is 6.12. The average Bonchev–Trinajstić information content (AvgIpc) is 3.43. The smallest absolute Gasteiger partial charge is 0.314 e. The number of hydrogen-bond acceptors (Lipinski definition) is 7. The van der Waals surface area contributed by atoms with Gasteiger partial charge in [0.2, 0.25) is 13.1 Å². The summed E-state index contributed by atoms with van der Waals surface area (Å²) < 4.78 is 28.4. The molecule has 0 aromatic heterocycles. The maximum Gasteiger partial charge on any atom is 0.314 e. The van der Waals surface area contributed by atoms with Gasteiger partial charge in [-0.1, -0.05) is 38.8 Å². The van der Waals surface area contributed by atoms with E-state index in [2.05, 4.69) is 20.8 Å². The van der Waals surface area contributed by atoms with Crippen molar-refractivity contribution in [3.05, 3.63) is 29.3 Å². The Morgan fingerprint density at radius 1 is 1.23 bits per heavy atom. The molecule has 194 valence electrons. The number of benzene rings is 1. The normalized spacial score (nSPS) is 29.4. The van der Waals surface area contributed by atoms with Gasteiger partial charge in [0.05, 0.1) is 25.2 Å². The summed E-state index contributed by atoms with van der Waals surface area (Å²) in [5.74, 6) is 2.81. The van der Waals surface area contributed by atoms with E-state index in [0.29, 0.717) is 48.5 Å². The van der Waals surface area contributed by atoms with Crippen LogP contribution < -0.4 is 14.2 Å². The first kappa shape index (κ1) is 25.8. The Morgan fingerprint density at radius 3 is 2.77 bits per heavy atom. The Morgan fingerprint density at radius 2 is 2.03 bits per heavy atom. The van der Waals surface area contributed by atoms with Gasteiger partial charge in [-0.3, -0.25) is 4.79 Å². The van der Waals surface area contributed by atoms with Crippen LogP contribution in [0, 0.1) is 23.7 Å². The summed E-state index contributed by atoms with van der Waals surface area (Å²) in [6.07, 6.45) is 5.46. The van der Waals surface area contributed by atoms with Crippen LogP contribution in [0.15, 0.2) is 23.8 Å². The quantitative estimate of drug-likeness (QED) is 0.385. The van der Waals surface area contributed by atoms with Gasteiger partial charge in [0.25, 0.3) is 0 Å². The second-order valence-electron chi connectivity index (χ2n) is 10.8. The van der Waals surface area contributed by atoms with E-state index in [1.807, 2.05) is 25.1 Å². The molecule has 1 saturated heterocycles. The summed E-state index contributed by atoms with van der Waals surface area (Å²) >= 11 is 0. The van der Waals surface area contributed by atoms with Crippen LogP contribution >= 0.6 is 0 Å². The number of aliphatic hydroxyl groups excluding tert-OH is 1. The molecule has 3 aliphatic rings. The predicted molar refractivity (Wildman–Crippen MR) is 131 cm³/mol. The molecule has 1 aromatic rings. The fourth-order valence-electron chi connectivity index (χ4n) is 5.60. The van der Waals surface area contributed by atoms with Gasteiger partial charge in [-0.25, -0.2) is 0 Å². The minimum absolute atomic E-state index is 0.102. The SMILES string of the molecule is COc1cc(C/C(C)=C\C[C@H](O)[C@H]2C[C@H](O[C@@H]3C[C@H](C)CC[C@H]3C(C)C)OC2=O)c2c(c1)OCO2. The van der Waals surface area contributed by atoms with Crippen LogP contribution in [0.1, 0.15) is 65.4 Å². The molecule has 1 aliphatic carbocycles. The zero-order valence-corrected chi connectivity index (χ0v) is 21.6. The lowest BCUT2D eigenvalue weighted by atomic mass is 9.75. The van der Waals surface area contributed by atoms with E-state index in [4.69, 9.17) is 23.7 Å². The molecule has 4 rings (SSSR count). The molecule has 1 N–H and O–H groups in total. The largest absolute Gasteiger partial charge is 0.497 e. The Hall–Kier alpha value is -2.25. The van der Waals surface area contributed by atoms with Gasteiger partial charge in [0, 0.05) is 18.1 Å². The lowest BCUT2D eigenvalue weighted by Crippen LogP contribution is -2.37. The van der Waals surface area contributed by atoms with Crippen LogP contribution in [0.2, 0.25) is 0 Å². The van der Waals surface area contributed by atoms with Crippen molar-refractivity contribution in [3.8, 4) is 17.2 Å². The number of hydrogen-bond donors (Lipinski definition) is 1. The summed E-state index contributed by atoms with van der Waals surface area (Å²) in [6.45, 7) is 8.93. The van der Waals surface area contributed by atoms with Crippen molar-refractivity contribution in [2.45, 2.75) is 84.7 Å². The number of ether oxygens (including phenoxy) is 5. The molecule has 0 spiro atoms. The molecule has 0 unspecified atom stereocenters. The van der Waals surface area contributed by atoms with Crippen molar-refractivity contribution in [1.29, 1.82) is 0 Å². The zero-order chi connectivity index (χ0) is 25.1. The minimum atomic E-state index is -0.812. The highest BCUT2D eigenvalue weighted by molar-refractivity contribution is 5.75. The number of fused-ring (bicyclic) bond motifs is 1. The van der Waals surface area contributed by atoms with Crippen molar-refractivity contribution in [1.82, 2.24) is 0 Å². The number of carbonyl (C=O) groups excluding carboxylic acids is 1. The molecule has 2 aliphatic heterocycles. The second-order valence-corrected chi connectivity index (χ2v) is 10.8. The molecule has 2 fully saturated rings. The summed E-state index contributed by atoms with van der Waals surface area (Å²) in [5.41, 5.74) is 2.03. The van der Waals surface area contributed by atoms with Gasteiger partial charge in [-0.2, -0.15) is 0 Å². The molecule has 1 aromatic carbocycles. The Labute approximate surface area is 208 Å². The zero-order valence-electron chi connectivity index (χ0n) is 21.6. The van der Waals surface area contributed by atoms with Gasteiger partial charge in [-0.05, 0) is 56.4 Å². The molecule has 0 bridgehead atoms. The molecule has 7 nitrogen and oxygen atoms in total. The third-order valence-corrected chi connectivity index (χ3v) is 7.68. The number of rotatable bonds is 9. The number of methoxy groups -OCH3 is 1. The number of esters is 1. The first-order chi connectivity index (χ1) is 16.7. The highest BCUT2D eigenvalue weighted by atomic mass is 16.7. The van der Waals surface area contributed by atoms with Crippen molar-refractivity contribution in [2.24, 2.45) is 23.7 Å². The molecule has 6 atom stereocenters. The minimum Gasteiger partial charge on any atom is -0.497 e. The highest BCUT2D eigenvalue weighted by Gasteiger charge is 2.42. The maximum absolute atomic E-state index is 12.6. The van der Waals surface area contributed by atoms with E-state index < -0.39 is 18.3 Å². The van der Waals surface area contributed by atoms with E-state index >= 15 is 0 Å².